The quantitative estimate of drug-likeness (QED) is 0.665. The SMILES string of the molecule is COc1ccccc1-n1cnc(-c2ccc(O)c(N3CC(=O)NS3(=O)=O)c2F)c1. The van der Waals surface area contributed by atoms with Gasteiger partial charge in [-0.15, -0.1) is 0 Å². The van der Waals surface area contributed by atoms with Gasteiger partial charge in [-0.05, 0) is 24.3 Å². The molecule has 29 heavy (non-hydrogen) atoms. The van der Waals surface area contributed by atoms with E-state index in [0.29, 0.717) is 15.7 Å². The van der Waals surface area contributed by atoms with Crippen molar-refractivity contribution in [2.24, 2.45) is 0 Å². The fourth-order valence-corrected chi connectivity index (χ4v) is 4.24. The highest BCUT2D eigenvalue weighted by atomic mass is 32.2. The molecular weight excluding hydrogens is 403 g/mol. The average molecular weight is 418 g/mol. The van der Waals surface area contributed by atoms with Crippen molar-refractivity contribution in [1.29, 1.82) is 0 Å². The van der Waals surface area contributed by atoms with Crippen molar-refractivity contribution in [3.05, 3.63) is 54.7 Å². The molecule has 0 spiro atoms. The molecule has 1 aromatic heterocycles. The van der Waals surface area contributed by atoms with Gasteiger partial charge in [0.25, 0.3) is 5.91 Å². The number of carbonyl (C=O) groups excluding carboxylic acids is 1. The molecule has 0 radical (unpaired) electrons. The van der Waals surface area contributed by atoms with Crippen molar-refractivity contribution in [2.45, 2.75) is 0 Å². The van der Waals surface area contributed by atoms with Gasteiger partial charge in [-0.3, -0.25) is 4.79 Å². The smallest absolute Gasteiger partial charge is 0.326 e. The van der Waals surface area contributed by atoms with Gasteiger partial charge in [0, 0.05) is 11.8 Å². The zero-order valence-corrected chi connectivity index (χ0v) is 15.9. The summed E-state index contributed by atoms with van der Waals surface area (Å²) in [6, 6.07) is 9.58. The molecule has 9 nitrogen and oxygen atoms in total. The molecule has 1 fully saturated rings. The molecule has 0 unspecified atom stereocenters. The van der Waals surface area contributed by atoms with E-state index in [1.54, 1.807) is 39.8 Å². The van der Waals surface area contributed by atoms with Crippen molar-refractivity contribution in [2.75, 3.05) is 18.0 Å². The summed E-state index contributed by atoms with van der Waals surface area (Å²) in [6.45, 7) is -0.633. The Bertz CT molecular complexity index is 1220. The lowest BCUT2D eigenvalue weighted by molar-refractivity contribution is -0.117. The second-order valence-corrected chi connectivity index (χ2v) is 7.76. The van der Waals surface area contributed by atoms with Gasteiger partial charge in [-0.25, -0.2) is 18.4 Å². The Labute approximate surface area is 165 Å². The minimum Gasteiger partial charge on any atom is -0.506 e. The van der Waals surface area contributed by atoms with Crippen LogP contribution in [-0.4, -0.2) is 42.6 Å². The van der Waals surface area contributed by atoms with Crippen LogP contribution >= 0.6 is 0 Å². The summed E-state index contributed by atoms with van der Waals surface area (Å²) in [5.74, 6) is -1.88. The number of halogens is 1. The highest BCUT2D eigenvalue weighted by Crippen LogP contribution is 2.38. The number of hydrogen-bond donors (Lipinski definition) is 2. The predicted octanol–water partition coefficient (Wildman–Crippen LogP) is 1.57. The van der Waals surface area contributed by atoms with Crippen molar-refractivity contribution in [3.63, 3.8) is 0 Å². The van der Waals surface area contributed by atoms with Crippen LogP contribution in [-0.2, 0) is 15.0 Å². The van der Waals surface area contributed by atoms with E-state index >= 15 is 4.39 Å². The minimum absolute atomic E-state index is 0.0407. The molecule has 1 aliphatic heterocycles. The van der Waals surface area contributed by atoms with Crippen molar-refractivity contribution < 1.29 is 27.4 Å². The summed E-state index contributed by atoms with van der Waals surface area (Å²) in [5.41, 5.74) is 0.212. The van der Waals surface area contributed by atoms with Crippen LogP contribution in [0.15, 0.2) is 48.9 Å². The van der Waals surface area contributed by atoms with Gasteiger partial charge < -0.3 is 14.4 Å². The summed E-state index contributed by atoms with van der Waals surface area (Å²) >= 11 is 0. The van der Waals surface area contributed by atoms with Crippen LogP contribution in [0.1, 0.15) is 0 Å². The molecule has 2 N–H and O–H groups in total. The van der Waals surface area contributed by atoms with Gasteiger partial charge >= 0.3 is 10.2 Å². The topological polar surface area (TPSA) is 114 Å². The first-order chi connectivity index (χ1) is 13.8. The summed E-state index contributed by atoms with van der Waals surface area (Å²) < 4.78 is 48.5. The van der Waals surface area contributed by atoms with E-state index in [9.17, 15) is 18.3 Å². The maximum absolute atomic E-state index is 15.2. The van der Waals surface area contributed by atoms with Crippen LogP contribution < -0.4 is 13.8 Å². The summed E-state index contributed by atoms with van der Waals surface area (Å²) in [6.07, 6.45) is 3.00. The van der Waals surface area contributed by atoms with E-state index in [-0.39, 0.29) is 11.3 Å². The Morgan fingerprint density at radius 1 is 1.24 bits per heavy atom. The molecule has 1 saturated heterocycles. The Hall–Kier alpha value is -3.60. The van der Waals surface area contributed by atoms with Gasteiger partial charge in [0.2, 0.25) is 0 Å². The molecule has 2 heterocycles. The molecule has 0 aliphatic carbocycles. The Kier molecular flexibility index (Phi) is 4.38. The third-order valence-electron chi connectivity index (χ3n) is 4.39. The van der Waals surface area contributed by atoms with E-state index in [2.05, 4.69) is 4.98 Å². The number of carbonyl (C=O) groups is 1. The normalized spacial score (nSPS) is 15.4. The minimum atomic E-state index is -4.29. The molecule has 4 rings (SSSR count). The molecular formula is C18H15FN4O5S. The molecule has 2 aromatic carbocycles. The second-order valence-electron chi connectivity index (χ2n) is 6.17. The Morgan fingerprint density at radius 3 is 2.69 bits per heavy atom. The number of aromatic nitrogens is 2. The zero-order valence-electron chi connectivity index (χ0n) is 15.0. The largest absolute Gasteiger partial charge is 0.506 e. The standard InChI is InChI=1S/C18H15FN4O5S/c1-28-15-5-3-2-4-13(15)22-8-12(20-10-22)11-6-7-14(24)18(17(11)19)23-9-16(25)21-29(23,26)27/h2-8,10,24H,9H2,1H3,(H,21,25). The summed E-state index contributed by atoms with van der Waals surface area (Å²) in [7, 11) is -2.77. The number of imidazole rings is 1. The lowest BCUT2D eigenvalue weighted by Gasteiger charge is -2.18. The van der Waals surface area contributed by atoms with E-state index in [1.165, 1.54) is 19.5 Å². The maximum atomic E-state index is 15.2. The van der Waals surface area contributed by atoms with E-state index in [0.717, 1.165) is 6.07 Å². The number of benzene rings is 2. The van der Waals surface area contributed by atoms with E-state index in [1.807, 2.05) is 0 Å². The van der Waals surface area contributed by atoms with Crippen LogP contribution in [0.3, 0.4) is 0 Å². The first kappa shape index (κ1) is 18.7. The van der Waals surface area contributed by atoms with Gasteiger partial charge in [-0.2, -0.15) is 8.42 Å². The molecule has 1 amide bonds. The number of phenols is 1. The number of amides is 1. The number of nitrogens with one attached hydrogen (secondary N) is 1. The number of phenolic OH excluding ortho intramolecular Hbond substituents is 1. The summed E-state index contributed by atoms with van der Waals surface area (Å²) in [5, 5.41) is 10.1. The lowest BCUT2D eigenvalue weighted by atomic mass is 10.1. The molecule has 150 valence electrons. The fourth-order valence-electron chi connectivity index (χ4n) is 3.07. The highest BCUT2D eigenvalue weighted by Gasteiger charge is 2.38. The summed E-state index contributed by atoms with van der Waals surface area (Å²) in [4.78, 5) is 15.7. The van der Waals surface area contributed by atoms with E-state index < -0.39 is 39.9 Å². The Balaban J connectivity index is 1.80. The predicted molar refractivity (Wildman–Crippen MR) is 102 cm³/mol. The molecule has 0 atom stereocenters. The molecule has 1 aliphatic rings. The number of para-hydroxylation sites is 2. The maximum Gasteiger partial charge on any atom is 0.326 e. The molecule has 11 heteroatoms. The number of methoxy groups -OCH3 is 1. The monoisotopic (exact) mass is 418 g/mol. The molecule has 0 bridgehead atoms. The van der Waals surface area contributed by atoms with Gasteiger partial charge in [0.1, 0.15) is 30.1 Å². The van der Waals surface area contributed by atoms with E-state index in [4.69, 9.17) is 4.74 Å². The van der Waals surface area contributed by atoms with Crippen molar-refractivity contribution in [3.8, 4) is 28.4 Å². The highest BCUT2D eigenvalue weighted by molar-refractivity contribution is 7.92. The number of aromatic hydroxyl groups is 1. The van der Waals surface area contributed by atoms with Gasteiger partial charge in [0.05, 0.1) is 18.5 Å². The number of rotatable bonds is 4. The average Bonchev–Trinajstić information content (AvgIpc) is 3.26. The van der Waals surface area contributed by atoms with Crippen molar-refractivity contribution >= 4 is 21.8 Å². The first-order valence-corrected chi connectivity index (χ1v) is 9.78. The number of nitrogens with zero attached hydrogens (tertiary/aromatic N) is 3. The first-order valence-electron chi connectivity index (χ1n) is 8.34. The van der Waals surface area contributed by atoms with Gasteiger partial charge in [0.15, 0.2) is 5.82 Å². The van der Waals surface area contributed by atoms with Gasteiger partial charge in [-0.1, -0.05) is 12.1 Å². The second kappa shape index (κ2) is 6.78. The molecule has 3 aromatic rings. The number of ether oxygens (including phenoxy) is 1. The molecule has 0 saturated carbocycles. The number of hydrogen-bond acceptors (Lipinski definition) is 6. The van der Waals surface area contributed by atoms with Crippen molar-refractivity contribution in [1.82, 2.24) is 14.3 Å². The van der Waals surface area contributed by atoms with Crippen LogP contribution in [0, 0.1) is 5.82 Å². The van der Waals surface area contributed by atoms with Crippen LogP contribution in [0.5, 0.6) is 11.5 Å². The number of anilines is 1. The van der Waals surface area contributed by atoms with Crippen LogP contribution in [0.25, 0.3) is 16.9 Å². The third kappa shape index (κ3) is 3.14. The lowest BCUT2D eigenvalue weighted by Crippen LogP contribution is -2.30. The Morgan fingerprint density at radius 2 is 2.00 bits per heavy atom. The van der Waals surface area contributed by atoms with Crippen LogP contribution in [0.2, 0.25) is 0 Å². The fraction of sp³-hybridized carbons (Fsp3) is 0.111. The zero-order chi connectivity index (χ0) is 20.8. The van der Waals surface area contributed by atoms with Crippen LogP contribution in [0.4, 0.5) is 10.1 Å². The third-order valence-corrected chi connectivity index (χ3v) is 5.76.